The molecule has 6 nitrogen and oxygen atoms in total. The maximum atomic E-state index is 11.5. The van der Waals surface area contributed by atoms with Gasteiger partial charge in [-0.25, -0.2) is 0 Å². The van der Waals surface area contributed by atoms with Crippen LogP contribution in [0, 0.1) is 6.92 Å². The lowest BCUT2D eigenvalue weighted by molar-refractivity contribution is -0.0449. The van der Waals surface area contributed by atoms with Gasteiger partial charge in [0.2, 0.25) is 5.91 Å². The number of nitrogens with zero attached hydrogens (tertiary/aromatic N) is 1. The molecule has 3 aromatic rings. The van der Waals surface area contributed by atoms with Crippen LogP contribution < -0.4 is 11.5 Å². The zero-order valence-electron chi connectivity index (χ0n) is 15.4. The van der Waals surface area contributed by atoms with Crippen molar-refractivity contribution in [1.82, 2.24) is 4.57 Å². The number of aliphatic hydroxyl groups is 2. The first-order chi connectivity index (χ1) is 13.3. The number of carbonyl (C=O) groups excluding carboxylic acids is 1. The number of aliphatic hydroxyl groups excluding tert-OH is 1. The molecule has 0 radical (unpaired) electrons. The third-order valence-corrected chi connectivity index (χ3v) is 4.97. The smallest absolute Gasteiger partial charge is 0.248 e. The minimum atomic E-state index is -1.39. The Morgan fingerprint density at radius 2 is 1.89 bits per heavy atom. The summed E-state index contributed by atoms with van der Waals surface area (Å²) in [5.41, 5.74) is 16.5. The molecule has 3 rings (SSSR count). The van der Waals surface area contributed by atoms with Crippen molar-refractivity contribution in [3.8, 4) is 16.9 Å². The third kappa shape index (κ3) is 4.04. The molecule has 0 spiro atoms. The van der Waals surface area contributed by atoms with Crippen molar-refractivity contribution in [2.75, 3.05) is 5.73 Å². The molecule has 1 aromatic heterocycles. The van der Waals surface area contributed by atoms with Crippen molar-refractivity contribution in [3.05, 3.63) is 70.4 Å². The van der Waals surface area contributed by atoms with Crippen molar-refractivity contribution in [2.24, 2.45) is 5.73 Å². The molecule has 0 unspecified atom stereocenters. The predicted octanol–water partition coefficient (Wildman–Crippen LogP) is 3.03. The summed E-state index contributed by atoms with van der Waals surface area (Å²) in [6, 6.07) is 14.5. The Morgan fingerprint density at radius 1 is 1.14 bits per heavy atom. The molecule has 6 N–H and O–H groups in total. The minimum Gasteiger partial charge on any atom is -0.398 e. The van der Waals surface area contributed by atoms with E-state index in [9.17, 15) is 15.0 Å². The number of primary amides is 1. The number of nitrogen functional groups attached to an aromatic ring is 1. The van der Waals surface area contributed by atoms with Crippen molar-refractivity contribution in [1.29, 1.82) is 0 Å². The van der Waals surface area contributed by atoms with Gasteiger partial charge in [0.15, 0.2) is 6.29 Å². The van der Waals surface area contributed by atoms with Crippen LogP contribution in [0.5, 0.6) is 0 Å². The summed E-state index contributed by atoms with van der Waals surface area (Å²) in [7, 11) is 0. The molecule has 7 heteroatoms. The van der Waals surface area contributed by atoms with E-state index in [0.717, 1.165) is 28.2 Å². The number of amides is 1. The highest BCUT2D eigenvalue weighted by Gasteiger charge is 2.16. The molecule has 0 bridgehead atoms. The monoisotopic (exact) mass is 399 g/mol. The van der Waals surface area contributed by atoms with Crippen molar-refractivity contribution < 1.29 is 15.0 Å². The molecule has 0 saturated heterocycles. The second kappa shape index (κ2) is 8.06. The number of hydrogen-bond donors (Lipinski definition) is 4. The zero-order chi connectivity index (χ0) is 20.4. The lowest BCUT2D eigenvalue weighted by atomic mass is 10.1. The fourth-order valence-electron chi connectivity index (χ4n) is 3.21. The summed E-state index contributed by atoms with van der Waals surface area (Å²) < 4.78 is 2.02. The SMILES string of the molecule is Cc1cc(C(N)=O)ccc1-n1c(CCC(O)O)ccc1-c1ccc(N)c(Cl)c1. The van der Waals surface area contributed by atoms with E-state index in [1.807, 2.05) is 35.8 Å². The van der Waals surface area contributed by atoms with Crippen LogP contribution >= 0.6 is 11.6 Å². The highest BCUT2D eigenvalue weighted by atomic mass is 35.5. The first-order valence-corrected chi connectivity index (χ1v) is 9.18. The largest absolute Gasteiger partial charge is 0.398 e. The van der Waals surface area contributed by atoms with Gasteiger partial charge in [-0.15, -0.1) is 0 Å². The lowest BCUT2D eigenvalue weighted by Crippen LogP contribution is -2.13. The quantitative estimate of drug-likeness (QED) is 0.376. The number of anilines is 1. The Hall–Kier alpha value is -2.80. The Labute approximate surface area is 168 Å². The summed E-state index contributed by atoms with van der Waals surface area (Å²) in [4.78, 5) is 11.5. The van der Waals surface area contributed by atoms with E-state index in [1.165, 1.54) is 0 Å². The second-order valence-corrected chi connectivity index (χ2v) is 7.07. The van der Waals surface area contributed by atoms with Gasteiger partial charge in [-0.05, 0) is 61.4 Å². The molecule has 0 fully saturated rings. The lowest BCUT2D eigenvalue weighted by Gasteiger charge is -2.17. The number of aromatic nitrogens is 1. The number of carbonyl (C=O) groups is 1. The minimum absolute atomic E-state index is 0.199. The van der Waals surface area contributed by atoms with Crippen LogP contribution in [0.2, 0.25) is 5.02 Å². The molecule has 0 aliphatic heterocycles. The van der Waals surface area contributed by atoms with Crippen LogP contribution in [0.1, 0.15) is 28.0 Å². The second-order valence-electron chi connectivity index (χ2n) is 6.67. The molecule has 0 aliphatic carbocycles. The summed E-state index contributed by atoms with van der Waals surface area (Å²) in [6.07, 6.45) is -0.738. The van der Waals surface area contributed by atoms with E-state index < -0.39 is 12.2 Å². The van der Waals surface area contributed by atoms with Gasteiger partial charge < -0.3 is 26.2 Å². The van der Waals surface area contributed by atoms with Gasteiger partial charge in [0, 0.05) is 28.9 Å². The van der Waals surface area contributed by atoms with E-state index in [-0.39, 0.29) is 6.42 Å². The van der Waals surface area contributed by atoms with Crippen LogP contribution in [0.4, 0.5) is 5.69 Å². The van der Waals surface area contributed by atoms with Gasteiger partial charge in [-0.3, -0.25) is 4.79 Å². The Balaban J connectivity index is 2.17. The van der Waals surface area contributed by atoms with Gasteiger partial charge in [0.05, 0.1) is 16.4 Å². The molecule has 1 amide bonds. The van der Waals surface area contributed by atoms with Crippen LogP contribution in [0.15, 0.2) is 48.5 Å². The van der Waals surface area contributed by atoms with Crippen molar-refractivity contribution in [3.63, 3.8) is 0 Å². The average Bonchev–Trinajstić information content (AvgIpc) is 3.05. The first kappa shape index (κ1) is 19.9. The molecule has 2 aromatic carbocycles. The fourth-order valence-corrected chi connectivity index (χ4v) is 3.39. The van der Waals surface area contributed by atoms with E-state index in [0.29, 0.717) is 22.7 Å². The number of nitrogens with two attached hydrogens (primary N) is 2. The molecular formula is C21H22ClN3O3. The van der Waals surface area contributed by atoms with Gasteiger partial charge >= 0.3 is 0 Å². The first-order valence-electron chi connectivity index (χ1n) is 8.81. The van der Waals surface area contributed by atoms with Crippen molar-refractivity contribution in [2.45, 2.75) is 26.1 Å². The number of aryl methyl sites for hydroxylation is 2. The van der Waals surface area contributed by atoms with E-state index in [1.54, 1.807) is 24.3 Å². The van der Waals surface area contributed by atoms with Crippen LogP contribution in [0.3, 0.4) is 0 Å². The molecule has 1 heterocycles. The van der Waals surface area contributed by atoms with E-state index in [2.05, 4.69) is 0 Å². The summed E-state index contributed by atoms with van der Waals surface area (Å²) in [5, 5.41) is 19.0. The van der Waals surface area contributed by atoms with E-state index in [4.69, 9.17) is 23.1 Å². The predicted molar refractivity (Wildman–Crippen MR) is 110 cm³/mol. The van der Waals surface area contributed by atoms with Gasteiger partial charge in [0.25, 0.3) is 0 Å². The Morgan fingerprint density at radius 3 is 2.50 bits per heavy atom. The molecule has 0 aliphatic rings. The third-order valence-electron chi connectivity index (χ3n) is 4.64. The number of halogens is 1. The maximum absolute atomic E-state index is 11.5. The van der Waals surface area contributed by atoms with Crippen LogP contribution in [0.25, 0.3) is 16.9 Å². The van der Waals surface area contributed by atoms with Crippen LogP contribution in [-0.2, 0) is 6.42 Å². The van der Waals surface area contributed by atoms with Gasteiger partial charge in [-0.2, -0.15) is 0 Å². The summed E-state index contributed by atoms with van der Waals surface area (Å²) in [6.45, 7) is 1.90. The standard InChI is InChI=1S/C21H22ClN3O3/c1-12-10-14(21(24)28)3-7-18(12)25-15(5-9-20(26)27)4-8-19(25)13-2-6-17(23)16(22)11-13/h2-4,6-8,10-11,20,26-27H,5,9,23H2,1H3,(H2,24,28). The molecule has 146 valence electrons. The Bertz CT molecular complexity index is 1030. The summed E-state index contributed by atoms with van der Waals surface area (Å²) >= 11 is 6.21. The number of rotatable bonds is 6. The highest BCUT2D eigenvalue weighted by Crippen LogP contribution is 2.32. The summed E-state index contributed by atoms with van der Waals surface area (Å²) in [5.74, 6) is -0.490. The molecule has 28 heavy (non-hydrogen) atoms. The average molecular weight is 400 g/mol. The normalized spacial score (nSPS) is 11.2. The fraction of sp³-hybridized carbons (Fsp3) is 0.190. The molecule has 0 saturated carbocycles. The molecule has 0 atom stereocenters. The molecular weight excluding hydrogens is 378 g/mol. The topological polar surface area (TPSA) is 114 Å². The van der Waals surface area contributed by atoms with Crippen LogP contribution in [-0.4, -0.2) is 27.0 Å². The number of benzene rings is 2. The van der Waals surface area contributed by atoms with E-state index >= 15 is 0 Å². The number of hydrogen-bond acceptors (Lipinski definition) is 4. The van der Waals surface area contributed by atoms with Gasteiger partial charge in [-0.1, -0.05) is 17.7 Å². The Kier molecular flexibility index (Phi) is 5.74. The maximum Gasteiger partial charge on any atom is 0.248 e. The highest BCUT2D eigenvalue weighted by molar-refractivity contribution is 6.33. The van der Waals surface area contributed by atoms with Crippen molar-refractivity contribution >= 4 is 23.2 Å². The zero-order valence-corrected chi connectivity index (χ0v) is 16.1. The van der Waals surface area contributed by atoms with Gasteiger partial charge in [0.1, 0.15) is 0 Å².